The average molecular weight is 359 g/mol. The van der Waals surface area contributed by atoms with E-state index in [4.69, 9.17) is 4.98 Å². The number of anilines is 1. The molecule has 5 heteroatoms. The molecule has 0 amide bonds. The molecule has 3 aromatic rings. The summed E-state index contributed by atoms with van der Waals surface area (Å²) in [7, 11) is 2.05. The van der Waals surface area contributed by atoms with E-state index in [1.165, 1.54) is 37.1 Å². The summed E-state index contributed by atoms with van der Waals surface area (Å²) < 4.78 is 0. The van der Waals surface area contributed by atoms with Crippen LogP contribution in [0.3, 0.4) is 0 Å². The number of rotatable bonds is 6. The monoisotopic (exact) mass is 359 g/mol. The third-order valence-electron chi connectivity index (χ3n) is 5.03. The van der Waals surface area contributed by atoms with E-state index in [0.717, 1.165) is 24.5 Å². The smallest absolute Gasteiger partial charge is 0.225 e. The van der Waals surface area contributed by atoms with Crippen molar-refractivity contribution in [2.75, 3.05) is 25.0 Å². The second kappa shape index (κ2) is 8.27. The number of pyridine rings is 1. The highest BCUT2D eigenvalue weighted by atomic mass is 15.2. The Morgan fingerprint density at radius 2 is 1.63 bits per heavy atom. The maximum absolute atomic E-state index is 4.71. The lowest BCUT2D eigenvalue weighted by atomic mass is 10.1. The highest BCUT2D eigenvalue weighted by Crippen LogP contribution is 2.20. The number of aromatic nitrogens is 3. The zero-order valence-electron chi connectivity index (χ0n) is 15.8. The van der Waals surface area contributed by atoms with Crippen LogP contribution in [0, 0.1) is 0 Å². The number of nitrogens with zero attached hydrogens (tertiary/aromatic N) is 5. The summed E-state index contributed by atoms with van der Waals surface area (Å²) in [5.41, 5.74) is 4.44. The van der Waals surface area contributed by atoms with Gasteiger partial charge in [0.05, 0.1) is 11.4 Å². The van der Waals surface area contributed by atoms with Crippen molar-refractivity contribution in [3.8, 4) is 11.4 Å². The van der Waals surface area contributed by atoms with Crippen molar-refractivity contribution in [1.29, 1.82) is 0 Å². The Balaban J connectivity index is 1.52. The lowest BCUT2D eigenvalue weighted by molar-refractivity contribution is 0.330. The molecule has 1 fully saturated rings. The van der Waals surface area contributed by atoms with Gasteiger partial charge in [0, 0.05) is 32.5 Å². The summed E-state index contributed by atoms with van der Waals surface area (Å²) in [5, 5.41) is 0. The van der Waals surface area contributed by atoms with E-state index in [1.807, 2.05) is 31.3 Å². The molecule has 0 spiro atoms. The lowest BCUT2D eigenvalue weighted by Gasteiger charge is -2.22. The van der Waals surface area contributed by atoms with Crippen LogP contribution in [0.2, 0.25) is 0 Å². The van der Waals surface area contributed by atoms with Gasteiger partial charge in [-0.05, 0) is 55.3 Å². The summed E-state index contributed by atoms with van der Waals surface area (Å²) in [6.45, 7) is 4.23. The number of benzene rings is 1. The molecule has 0 N–H and O–H groups in total. The minimum absolute atomic E-state index is 0.717. The van der Waals surface area contributed by atoms with Gasteiger partial charge in [0.1, 0.15) is 0 Å². The van der Waals surface area contributed by atoms with Crippen LogP contribution in [0.1, 0.15) is 24.0 Å². The molecule has 1 aromatic carbocycles. The van der Waals surface area contributed by atoms with E-state index in [9.17, 15) is 0 Å². The predicted octanol–water partition coefficient (Wildman–Crippen LogP) is 3.77. The van der Waals surface area contributed by atoms with Gasteiger partial charge in [-0.15, -0.1) is 0 Å². The molecular weight excluding hydrogens is 334 g/mol. The molecule has 0 aliphatic carbocycles. The normalized spacial score (nSPS) is 14.4. The SMILES string of the molecule is CN(Cc1ccccc1CN1CCCC1)c1nccc(-c2ccccn2)n1. The minimum Gasteiger partial charge on any atom is -0.340 e. The second-order valence-corrected chi connectivity index (χ2v) is 7.06. The fourth-order valence-electron chi connectivity index (χ4n) is 3.56. The first-order valence-corrected chi connectivity index (χ1v) is 9.54. The zero-order chi connectivity index (χ0) is 18.5. The molecule has 0 bridgehead atoms. The van der Waals surface area contributed by atoms with Gasteiger partial charge in [0.2, 0.25) is 5.95 Å². The van der Waals surface area contributed by atoms with Gasteiger partial charge >= 0.3 is 0 Å². The Labute approximate surface area is 160 Å². The van der Waals surface area contributed by atoms with Gasteiger partial charge in [0.15, 0.2) is 0 Å². The second-order valence-electron chi connectivity index (χ2n) is 7.06. The van der Waals surface area contributed by atoms with Gasteiger partial charge in [-0.1, -0.05) is 30.3 Å². The van der Waals surface area contributed by atoms with Crippen LogP contribution in [-0.4, -0.2) is 40.0 Å². The Kier molecular flexibility index (Phi) is 5.39. The van der Waals surface area contributed by atoms with Gasteiger partial charge < -0.3 is 4.90 Å². The van der Waals surface area contributed by atoms with Crippen LogP contribution in [0.4, 0.5) is 5.95 Å². The number of hydrogen-bond acceptors (Lipinski definition) is 5. The lowest BCUT2D eigenvalue weighted by Crippen LogP contribution is -2.23. The molecule has 0 unspecified atom stereocenters. The number of likely N-dealkylation sites (tertiary alicyclic amines) is 1. The van der Waals surface area contributed by atoms with Crippen LogP contribution in [0.5, 0.6) is 0 Å². The molecule has 3 heterocycles. The van der Waals surface area contributed by atoms with Crippen LogP contribution in [-0.2, 0) is 13.1 Å². The molecule has 138 valence electrons. The summed E-state index contributed by atoms with van der Waals surface area (Å²) in [6, 6.07) is 16.5. The Hall–Kier alpha value is -2.79. The first-order chi connectivity index (χ1) is 13.3. The van der Waals surface area contributed by atoms with Crippen molar-refractivity contribution in [2.45, 2.75) is 25.9 Å². The highest BCUT2D eigenvalue weighted by Gasteiger charge is 2.15. The molecule has 1 saturated heterocycles. The van der Waals surface area contributed by atoms with Crippen LogP contribution in [0.15, 0.2) is 60.9 Å². The van der Waals surface area contributed by atoms with Crippen molar-refractivity contribution < 1.29 is 0 Å². The minimum atomic E-state index is 0.717. The van der Waals surface area contributed by atoms with E-state index in [-0.39, 0.29) is 0 Å². The molecule has 5 nitrogen and oxygen atoms in total. The molecule has 27 heavy (non-hydrogen) atoms. The molecule has 0 radical (unpaired) electrons. The Morgan fingerprint density at radius 1 is 0.852 bits per heavy atom. The van der Waals surface area contributed by atoms with Crippen molar-refractivity contribution in [3.05, 3.63) is 72.1 Å². The Morgan fingerprint density at radius 3 is 2.41 bits per heavy atom. The molecular formula is C22H25N5. The predicted molar refractivity (Wildman–Crippen MR) is 108 cm³/mol. The first kappa shape index (κ1) is 17.6. The third kappa shape index (κ3) is 4.31. The van der Waals surface area contributed by atoms with Gasteiger partial charge in [0.25, 0.3) is 0 Å². The van der Waals surface area contributed by atoms with Crippen molar-refractivity contribution >= 4 is 5.95 Å². The fraction of sp³-hybridized carbons (Fsp3) is 0.318. The maximum atomic E-state index is 4.71. The molecule has 1 aliphatic rings. The molecule has 0 saturated carbocycles. The summed E-state index contributed by atoms with van der Waals surface area (Å²) in [5.74, 6) is 0.717. The molecule has 0 atom stereocenters. The van der Waals surface area contributed by atoms with E-state index in [2.05, 4.69) is 44.0 Å². The van der Waals surface area contributed by atoms with Crippen LogP contribution < -0.4 is 4.90 Å². The summed E-state index contributed by atoms with van der Waals surface area (Å²) in [6.07, 6.45) is 6.22. The van der Waals surface area contributed by atoms with Gasteiger partial charge in [-0.3, -0.25) is 9.88 Å². The molecule has 4 rings (SSSR count). The zero-order valence-corrected chi connectivity index (χ0v) is 15.8. The highest BCUT2D eigenvalue weighted by molar-refractivity contribution is 5.55. The fourth-order valence-corrected chi connectivity index (χ4v) is 3.56. The summed E-state index contributed by atoms with van der Waals surface area (Å²) >= 11 is 0. The number of hydrogen-bond donors (Lipinski definition) is 0. The molecule has 2 aromatic heterocycles. The van der Waals surface area contributed by atoms with E-state index in [0.29, 0.717) is 5.95 Å². The molecule has 1 aliphatic heterocycles. The standard InChI is InChI=1S/C22H25N5/c1-26(22-24-13-11-21(25-22)20-10-4-5-12-23-20)16-18-8-2-3-9-19(18)17-27-14-6-7-15-27/h2-5,8-13H,6-7,14-17H2,1H3. The van der Waals surface area contributed by atoms with Gasteiger partial charge in [-0.25, -0.2) is 9.97 Å². The maximum Gasteiger partial charge on any atom is 0.225 e. The quantitative estimate of drug-likeness (QED) is 0.670. The van der Waals surface area contributed by atoms with Crippen molar-refractivity contribution in [1.82, 2.24) is 19.9 Å². The van der Waals surface area contributed by atoms with Crippen molar-refractivity contribution in [3.63, 3.8) is 0 Å². The van der Waals surface area contributed by atoms with E-state index in [1.54, 1.807) is 12.4 Å². The summed E-state index contributed by atoms with van der Waals surface area (Å²) in [4.78, 5) is 18.2. The van der Waals surface area contributed by atoms with E-state index >= 15 is 0 Å². The topological polar surface area (TPSA) is 45.2 Å². The van der Waals surface area contributed by atoms with E-state index < -0.39 is 0 Å². The average Bonchev–Trinajstić information content (AvgIpc) is 3.23. The third-order valence-corrected chi connectivity index (χ3v) is 5.03. The largest absolute Gasteiger partial charge is 0.340 e. The Bertz CT molecular complexity index is 875. The van der Waals surface area contributed by atoms with Crippen LogP contribution in [0.25, 0.3) is 11.4 Å². The van der Waals surface area contributed by atoms with Crippen LogP contribution >= 0.6 is 0 Å². The van der Waals surface area contributed by atoms with Crippen molar-refractivity contribution in [2.24, 2.45) is 0 Å². The first-order valence-electron chi connectivity index (χ1n) is 9.54. The van der Waals surface area contributed by atoms with Gasteiger partial charge in [-0.2, -0.15) is 0 Å².